The van der Waals surface area contributed by atoms with Crippen molar-refractivity contribution in [3.63, 3.8) is 0 Å². The van der Waals surface area contributed by atoms with Crippen molar-refractivity contribution < 1.29 is 9.90 Å². The Labute approximate surface area is 85.9 Å². The van der Waals surface area contributed by atoms with Crippen molar-refractivity contribution in [2.24, 2.45) is 5.73 Å². The van der Waals surface area contributed by atoms with Crippen LogP contribution in [0.2, 0.25) is 0 Å². The average Bonchev–Trinajstić information content (AvgIpc) is 2.59. The van der Waals surface area contributed by atoms with E-state index < -0.39 is 12.0 Å². The molecule has 0 amide bonds. The Kier molecular flexibility index (Phi) is 2.39. The van der Waals surface area contributed by atoms with Crippen molar-refractivity contribution in [2.45, 2.75) is 12.5 Å². The smallest absolute Gasteiger partial charge is 0.305 e. The predicted octanol–water partition coefficient (Wildman–Crippen LogP) is 1.04. The number of carboxylic acid groups (broad SMARTS) is 1. The average molecular weight is 205 g/mol. The van der Waals surface area contributed by atoms with Crippen molar-refractivity contribution in [3.05, 3.63) is 30.1 Å². The minimum absolute atomic E-state index is 0.0815. The van der Waals surface area contributed by atoms with E-state index in [1.165, 1.54) is 0 Å². The van der Waals surface area contributed by atoms with Crippen LogP contribution in [0.5, 0.6) is 0 Å². The number of nitrogens with zero attached hydrogens (tertiary/aromatic N) is 1. The zero-order valence-electron chi connectivity index (χ0n) is 7.97. The highest BCUT2D eigenvalue weighted by molar-refractivity contribution is 5.81. The molecule has 15 heavy (non-hydrogen) atoms. The van der Waals surface area contributed by atoms with Crippen LogP contribution < -0.4 is 5.73 Å². The SMILES string of the molecule is N[C@@H](CC(=O)O)c1c[nH]c2ncccc12. The zero-order chi connectivity index (χ0) is 10.8. The third kappa shape index (κ3) is 1.82. The third-order valence-corrected chi connectivity index (χ3v) is 2.28. The number of carboxylic acids is 1. The standard InChI is InChI=1S/C10H11N3O2/c11-8(4-9(14)15)7-5-13-10-6(7)2-1-3-12-10/h1-3,5,8H,4,11H2,(H,12,13)(H,14,15)/t8-/m0/s1. The zero-order valence-corrected chi connectivity index (χ0v) is 7.97. The number of aromatic amines is 1. The lowest BCUT2D eigenvalue weighted by molar-refractivity contribution is -0.137. The Balaban J connectivity index is 2.39. The van der Waals surface area contributed by atoms with E-state index in [-0.39, 0.29) is 6.42 Å². The number of carbonyl (C=O) groups is 1. The summed E-state index contributed by atoms with van der Waals surface area (Å²) >= 11 is 0. The van der Waals surface area contributed by atoms with Crippen molar-refractivity contribution in [1.82, 2.24) is 9.97 Å². The van der Waals surface area contributed by atoms with E-state index in [1.54, 1.807) is 18.5 Å². The predicted molar refractivity (Wildman–Crippen MR) is 55.3 cm³/mol. The molecule has 2 heterocycles. The van der Waals surface area contributed by atoms with E-state index in [2.05, 4.69) is 9.97 Å². The molecule has 2 aromatic heterocycles. The minimum Gasteiger partial charge on any atom is -0.481 e. The van der Waals surface area contributed by atoms with Gasteiger partial charge in [0.1, 0.15) is 5.65 Å². The lowest BCUT2D eigenvalue weighted by Crippen LogP contribution is -2.14. The largest absolute Gasteiger partial charge is 0.481 e. The summed E-state index contributed by atoms with van der Waals surface area (Å²) in [6.45, 7) is 0. The molecule has 0 spiro atoms. The normalized spacial score (nSPS) is 12.9. The fraction of sp³-hybridized carbons (Fsp3) is 0.200. The molecule has 2 aromatic rings. The summed E-state index contributed by atoms with van der Waals surface area (Å²) in [4.78, 5) is 17.6. The number of nitrogens with one attached hydrogen (secondary N) is 1. The molecule has 0 aromatic carbocycles. The van der Waals surface area contributed by atoms with Crippen molar-refractivity contribution in [2.75, 3.05) is 0 Å². The van der Waals surface area contributed by atoms with Crippen LogP contribution in [-0.4, -0.2) is 21.0 Å². The molecule has 78 valence electrons. The molecule has 0 saturated carbocycles. The maximum absolute atomic E-state index is 10.5. The summed E-state index contributed by atoms with van der Waals surface area (Å²) in [5.74, 6) is -0.902. The van der Waals surface area contributed by atoms with Crippen LogP contribution in [0, 0.1) is 0 Å². The monoisotopic (exact) mass is 205 g/mol. The second-order valence-corrected chi connectivity index (χ2v) is 3.35. The molecule has 5 heteroatoms. The first-order valence-electron chi connectivity index (χ1n) is 4.58. The van der Waals surface area contributed by atoms with Gasteiger partial charge in [0.2, 0.25) is 0 Å². The van der Waals surface area contributed by atoms with Gasteiger partial charge >= 0.3 is 5.97 Å². The lowest BCUT2D eigenvalue weighted by atomic mass is 10.1. The highest BCUT2D eigenvalue weighted by Gasteiger charge is 2.14. The molecule has 4 N–H and O–H groups in total. The summed E-state index contributed by atoms with van der Waals surface area (Å²) in [5, 5.41) is 9.53. The van der Waals surface area contributed by atoms with Gasteiger partial charge < -0.3 is 15.8 Å². The number of aliphatic carboxylic acids is 1. The first-order valence-corrected chi connectivity index (χ1v) is 4.58. The van der Waals surface area contributed by atoms with Crippen LogP contribution in [0.4, 0.5) is 0 Å². The van der Waals surface area contributed by atoms with Crippen molar-refractivity contribution >= 4 is 17.0 Å². The van der Waals surface area contributed by atoms with Crippen LogP contribution >= 0.6 is 0 Å². The van der Waals surface area contributed by atoms with E-state index in [0.717, 1.165) is 16.6 Å². The number of fused-ring (bicyclic) bond motifs is 1. The molecule has 0 aliphatic carbocycles. The van der Waals surface area contributed by atoms with Crippen LogP contribution in [0.3, 0.4) is 0 Å². The maximum atomic E-state index is 10.5. The molecule has 0 aliphatic rings. The third-order valence-electron chi connectivity index (χ3n) is 2.28. The Bertz CT molecular complexity index is 492. The molecule has 0 fully saturated rings. The van der Waals surface area contributed by atoms with Gasteiger partial charge in [-0.05, 0) is 17.7 Å². The van der Waals surface area contributed by atoms with Crippen LogP contribution in [0.1, 0.15) is 18.0 Å². The number of hydrogen-bond donors (Lipinski definition) is 3. The van der Waals surface area contributed by atoms with Gasteiger partial charge in [-0.2, -0.15) is 0 Å². The van der Waals surface area contributed by atoms with Crippen LogP contribution in [0.25, 0.3) is 11.0 Å². The highest BCUT2D eigenvalue weighted by Crippen LogP contribution is 2.22. The van der Waals surface area contributed by atoms with Gasteiger partial charge in [-0.15, -0.1) is 0 Å². The van der Waals surface area contributed by atoms with Gasteiger partial charge in [-0.25, -0.2) is 4.98 Å². The van der Waals surface area contributed by atoms with Crippen molar-refractivity contribution in [3.8, 4) is 0 Å². The molecular weight excluding hydrogens is 194 g/mol. The summed E-state index contributed by atoms with van der Waals surface area (Å²) in [5.41, 5.74) is 7.30. The Hall–Kier alpha value is -1.88. The van der Waals surface area contributed by atoms with E-state index in [9.17, 15) is 4.79 Å². The highest BCUT2D eigenvalue weighted by atomic mass is 16.4. The summed E-state index contributed by atoms with van der Waals surface area (Å²) in [6.07, 6.45) is 3.30. The molecule has 0 unspecified atom stereocenters. The Morgan fingerprint density at radius 2 is 2.47 bits per heavy atom. The van der Waals surface area contributed by atoms with Crippen LogP contribution in [-0.2, 0) is 4.79 Å². The maximum Gasteiger partial charge on any atom is 0.305 e. The van der Waals surface area contributed by atoms with Gasteiger partial charge in [-0.1, -0.05) is 0 Å². The summed E-state index contributed by atoms with van der Waals surface area (Å²) in [6, 6.07) is 3.17. The molecule has 5 nitrogen and oxygen atoms in total. The number of aromatic nitrogens is 2. The van der Waals surface area contributed by atoms with Gasteiger partial charge in [-0.3, -0.25) is 4.79 Å². The van der Waals surface area contributed by atoms with Crippen molar-refractivity contribution in [1.29, 1.82) is 0 Å². The second-order valence-electron chi connectivity index (χ2n) is 3.35. The van der Waals surface area contributed by atoms with E-state index in [4.69, 9.17) is 10.8 Å². The number of rotatable bonds is 3. The first kappa shape index (κ1) is 9.67. The number of hydrogen-bond acceptors (Lipinski definition) is 3. The van der Waals surface area contributed by atoms with E-state index in [1.807, 2.05) is 6.07 Å². The minimum atomic E-state index is -0.902. The van der Waals surface area contributed by atoms with Crippen LogP contribution in [0.15, 0.2) is 24.5 Å². The second kappa shape index (κ2) is 3.70. The van der Waals surface area contributed by atoms with E-state index >= 15 is 0 Å². The first-order chi connectivity index (χ1) is 7.18. The fourth-order valence-corrected chi connectivity index (χ4v) is 1.58. The number of pyridine rings is 1. The Morgan fingerprint density at radius 3 is 3.20 bits per heavy atom. The topological polar surface area (TPSA) is 92.0 Å². The molecule has 0 bridgehead atoms. The quantitative estimate of drug-likeness (QED) is 0.698. The number of H-pyrrole nitrogens is 1. The Morgan fingerprint density at radius 1 is 1.67 bits per heavy atom. The molecular formula is C10H11N3O2. The van der Waals surface area contributed by atoms with Gasteiger partial charge in [0.25, 0.3) is 0 Å². The molecule has 0 radical (unpaired) electrons. The molecule has 1 atom stereocenters. The summed E-state index contributed by atoms with van der Waals surface area (Å²) in [7, 11) is 0. The fourth-order valence-electron chi connectivity index (χ4n) is 1.58. The van der Waals surface area contributed by atoms with E-state index in [0.29, 0.717) is 0 Å². The lowest BCUT2D eigenvalue weighted by Gasteiger charge is -2.06. The number of nitrogens with two attached hydrogens (primary N) is 1. The van der Waals surface area contributed by atoms with Gasteiger partial charge in [0.05, 0.1) is 6.42 Å². The van der Waals surface area contributed by atoms with Gasteiger partial charge in [0.15, 0.2) is 0 Å². The summed E-state index contributed by atoms with van der Waals surface area (Å²) < 4.78 is 0. The molecule has 0 aliphatic heterocycles. The molecule has 2 rings (SSSR count). The molecule has 0 saturated heterocycles. The van der Waals surface area contributed by atoms with Gasteiger partial charge in [0, 0.05) is 23.8 Å².